The Bertz CT molecular complexity index is 731. The van der Waals surface area contributed by atoms with Gasteiger partial charge in [0.1, 0.15) is 0 Å². The SMILES string of the molecule is Cc1ccc(NC(=O)CCCC(=O)OCCCc2ccccc2)cc1Cl. The molecule has 26 heavy (non-hydrogen) atoms. The fourth-order valence-corrected chi connectivity index (χ4v) is 2.65. The van der Waals surface area contributed by atoms with E-state index < -0.39 is 0 Å². The number of hydrogen-bond acceptors (Lipinski definition) is 3. The summed E-state index contributed by atoms with van der Waals surface area (Å²) in [4.78, 5) is 23.6. The summed E-state index contributed by atoms with van der Waals surface area (Å²) >= 11 is 6.03. The summed E-state index contributed by atoms with van der Waals surface area (Å²) in [6.45, 7) is 2.31. The Balaban J connectivity index is 1.57. The van der Waals surface area contributed by atoms with E-state index in [4.69, 9.17) is 16.3 Å². The Kier molecular flexibility index (Phi) is 8.16. The van der Waals surface area contributed by atoms with Gasteiger partial charge in [0, 0.05) is 23.6 Å². The van der Waals surface area contributed by atoms with Crippen molar-refractivity contribution in [2.45, 2.75) is 39.0 Å². The second-order valence-electron chi connectivity index (χ2n) is 6.18. The first-order chi connectivity index (χ1) is 12.5. The summed E-state index contributed by atoms with van der Waals surface area (Å²) in [5, 5.41) is 3.39. The van der Waals surface area contributed by atoms with Crippen LogP contribution in [0.1, 0.15) is 36.8 Å². The maximum Gasteiger partial charge on any atom is 0.305 e. The molecule has 0 aromatic heterocycles. The lowest BCUT2D eigenvalue weighted by Crippen LogP contribution is -2.13. The first kappa shape index (κ1) is 20.0. The van der Waals surface area contributed by atoms with E-state index in [9.17, 15) is 9.59 Å². The molecule has 0 unspecified atom stereocenters. The number of halogens is 1. The lowest BCUT2D eigenvalue weighted by molar-refractivity contribution is -0.143. The molecule has 2 aromatic carbocycles. The largest absolute Gasteiger partial charge is 0.466 e. The molecule has 0 aliphatic heterocycles. The van der Waals surface area contributed by atoms with Crippen LogP contribution in [0, 0.1) is 6.92 Å². The van der Waals surface area contributed by atoms with Crippen molar-refractivity contribution in [2.75, 3.05) is 11.9 Å². The second-order valence-corrected chi connectivity index (χ2v) is 6.58. The smallest absolute Gasteiger partial charge is 0.305 e. The van der Waals surface area contributed by atoms with Gasteiger partial charge in [-0.2, -0.15) is 0 Å². The van der Waals surface area contributed by atoms with Gasteiger partial charge in [0.05, 0.1) is 6.61 Å². The van der Waals surface area contributed by atoms with E-state index in [0.29, 0.717) is 23.7 Å². The first-order valence-electron chi connectivity index (χ1n) is 8.80. The van der Waals surface area contributed by atoms with Crippen molar-refractivity contribution in [1.29, 1.82) is 0 Å². The van der Waals surface area contributed by atoms with Crippen LogP contribution in [-0.4, -0.2) is 18.5 Å². The molecule has 4 nitrogen and oxygen atoms in total. The molecule has 0 fully saturated rings. The van der Waals surface area contributed by atoms with Gasteiger partial charge < -0.3 is 10.1 Å². The third-order valence-corrected chi connectivity index (χ3v) is 4.36. The zero-order valence-electron chi connectivity index (χ0n) is 15.0. The van der Waals surface area contributed by atoms with Gasteiger partial charge in [-0.1, -0.05) is 48.0 Å². The number of carbonyl (C=O) groups is 2. The minimum absolute atomic E-state index is 0.137. The van der Waals surface area contributed by atoms with E-state index in [2.05, 4.69) is 17.4 Å². The van der Waals surface area contributed by atoms with E-state index in [0.717, 1.165) is 18.4 Å². The fourth-order valence-electron chi connectivity index (χ4n) is 2.47. The van der Waals surface area contributed by atoms with Crippen LogP contribution in [0.4, 0.5) is 5.69 Å². The van der Waals surface area contributed by atoms with Crippen LogP contribution >= 0.6 is 11.6 Å². The molecule has 138 valence electrons. The van der Waals surface area contributed by atoms with Crippen LogP contribution in [0.25, 0.3) is 0 Å². The Hall–Kier alpha value is -2.33. The highest BCUT2D eigenvalue weighted by molar-refractivity contribution is 6.31. The van der Waals surface area contributed by atoms with Crippen LogP contribution in [0.3, 0.4) is 0 Å². The minimum atomic E-state index is -0.260. The van der Waals surface area contributed by atoms with E-state index in [1.54, 1.807) is 12.1 Å². The van der Waals surface area contributed by atoms with E-state index in [1.807, 2.05) is 31.2 Å². The highest BCUT2D eigenvalue weighted by atomic mass is 35.5. The van der Waals surface area contributed by atoms with E-state index >= 15 is 0 Å². The molecule has 0 aliphatic carbocycles. The third kappa shape index (κ3) is 7.28. The third-order valence-electron chi connectivity index (χ3n) is 3.96. The zero-order valence-corrected chi connectivity index (χ0v) is 15.7. The minimum Gasteiger partial charge on any atom is -0.466 e. The number of aryl methyl sites for hydroxylation is 2. The summed E-state index contributed by atoms with van der Waals surface area (Å²) in [6, 6.07) is 15.5. The van der Waals surface area contributed by atoms with Crippen molar-refractivity contribution in [3.05, 3.63) is 64.7 Å². The molecule has 1 N–H and O–H groups in total. The summed E-state index contributed by atoms with van der Waals surface area (Å²) in [7, 11) is 0. The van der Waals surface area contributed by atoms with Gasteiger partial charge in [0.2, 0.25) is 5.91 Å². The molecule has 5 heteroatoms. The number of ether oxygens (including phenoxy) is 1. The summed E-state index contributed by atoms with van der Waals surface area (Å²) < 4.78 is 5.20. The molecule has 0 aliphatic rings. The van der Waals surface area contributed by atoms with Crippen LogP contribution in [0.5, 0.6) is 0 Å². The van der Waals surface area contributed by atoms with E-state index in [-0.39, 0.29) is 24.7 Å². The van der Waals surface area contributed by atoms with Gasteiger partial charge in [0.15, 0.2) is 0 Å². The lowest BCUT2D eigenvalue weighted by Gasteiger charge is -2.07. The van der Waals surface area contributed by atoms with Crippen molar-refractivity contribution in [1.82, 2.24) is 0 Å². The van der Waals surface area contributed by atoms with Crippen molar-refractivity contribution in [3.63, 3.8) is 0 Å². The highest BCUT2D eigenvalue weighted by Gasteiger charge is 2.07. The molecule has 0 saturated carbocycles. The van der Waals surface area contributed by atoms with Gasteiger partial charge in [-0.3, -0.25) is 9.59 Å². The molecule has 0 bridgehead atoms. The molecular weight excluding hydrogens is 350 g/mol. The molecule has 0 spiro atoms. The molecular formula is C21H24ClNO3. The first-order valence-corrected chi connectivity index (χ1v) is 9.18. The van der Waals surface area contributed by atoms with Crippen molar-refractivity contribution in [2.24, 2.45) is 0 Å². The van der Waals surface area contributed by atoms with Crippen molar-refractivity contribution >= 4 is 29.2 Å². The lowest BCUT2D eigenvalue weighted by atomic mass is 10.1. The Morgan fingerprint density at radius 3 is 2.54 bits per heavy atom. The molecule has 2 rings (SSSR count). The predicted molar refractivity (Wildman–Crippen MR) is 104 cm³/mol. The summed E-state index contributed by atoms with van der Waals surface area (Å²) in [5.41, 5.74) is 2.85. The molecule has 2 aromatic rings. The van der Waals surface area contributed by atoms with Crippen LogP contribution in [-0.2, 0) is 20.7 Å². The number of nitrogens with one attached hydrogen (secondary N) is 1. The number of amides is 1. The zero-order chi connectivity index (χ0) is 18.8. The molecule has 0 atom stereocenters. The van der Waals surface area contributed by atoms with Gasteiger partial charge >= 0.3 is 5.97 Å². The van der Waals surface area contributed by atoms with Crippen LogP contribution < -0.4 is 5.32 Å². The Morgan fingerprint density at radius 2 is 1.81 bits per heavy atom. The summed E-state index contributed by atoms with van der Waals surface area (Å²) in [5.74, 6) is -0.397. The van der Waals surface area contributed by atoms with Crippen LogP contribution in [0.2, 0.25) is 5.02 Å². The van der Waals surface area contributed by atoms with Crippen molar-refractivity contribution < 1.29 is 14.3 Å². The maximum atomic E-state index is 11.9. The number of anilines is 1. The average molecular weight is 374 g/mol. The normalized spacial score (nSPS) is 10.4. The van der Waals surface area contributed by atoms with E-state index in [1.165, 1.54) is 5.56 Å². The standard InChI is InChI=1S/C21H24ClNO3/c1-16-12-13-18(15-19(16)22)23-20(24)10-5-11-21(25)26-14-6-9-17-7-3-2-4-8-17/h2-4,7-8,12-13,15H,5-6,9-11,14H2,1H3,(H,23,24). The highest BCUT2D eigenvalue weighted by Crippen LogP contribution is 2.20. The maximum absolute atomic E-state index is 11.9. The number of rotatable bonds is 9. The number of hydrogen-bond donors (Lipinski definition) is 1. The van der Waals surface area contributed by atoms with Crippen LogP contribution in [0.15, 0.2) is 48.5 Å². The molecule has 0 saturated heterocycles. The number of benzene rings is 2. The van der Waals surface area contributed by atoms with Gasteiger partial charge in [-0.15, -0.1) is 0 Å². The van der Waals surface area contributed by atoms with Gasteiger partial charge in [-0.25, -0.2) is 0 Å². The molecule has 0 radical (unpaired) electrons. The fraction of sp³-hybridized carbons (Fsp3) is 0.333. The second kappa shape index (κ2) is 10.6. The van der Waals surface area contributed by atoms with Crippen molar-refractivity contribution in [3.8, 4) is 0 Å². The average Bonchev–Trinajstić information content (AvgIpc) is 2.63. The van der Waals surface area contributed by atoms with Gasteiger partial charge in [-0.05, 0) is 49.4 Å². The number of carbonyl (C=O) groups excluding carboxylic acids is 2. The van der Waals surface area contributed by atoms with Gasteiger partial charge in [0.25, 0.3) is 0 Å². The predicted octanol–water partition coefficient (Wildman–Crippen LogP) is 4.93. The summed E-state index contributed by atoms with van der Waals surface area (Å²) in [6.07, 6.45) is 2.65. The Morgan fingerprint density at radius 1 is 1.04 bits per heavy atom. The monoisotopic (exact) mass is 373 g/mol. The quantitative estimate of drug-likeness (QED) is 0.500. The Labute approximate surface area is 159 Å². The molecule has 0 heterocycles. The molecule has 1 amide bonds. The topological polar surface area (TPSA) is 55.4 Å². The number of esters is 1.